The van der Waals surface area contributed by atoms with E-state index >= 15 is 0 Å². The molecule has 0 amide bonds. The van der Waals surface area contributed by atoms with Crippen LogP contribution in [-0.4, -0.2) is 72.1 Å². The van der Waals surface area contributed by atoms with Gasteiger partial charge in [-0.1, -0.05) is 13.8 Å². The average molecular weight is 379 g/mol. The molecule has 0 spiro atoms. The Morgan fingerprint density at radius 2 is 1.88 bits per heavy atom. The Morgan fingerprint density at radius 3 is 2.46 bits per heavy atom. The highest BCUT2D eigenvalue weighted by atomic mass is 32.1. The van der Waals surface area contributed by atoms with E-state index in [2.05, 4.69) is 47.4 Å². The van der Waals surface area contributed by atoms with E-state index in [1.807, 2.05) is 11.6 Å². The number of aromatic nitrogens is 1. The van der Waals surface area contributed by atoms with Crippen LogP contribution in [0.15, 0.2) is 16.6 Å². The first-order chi connectivity index (χ1) is 12.3. The highest BCUT2D eigenvalue weighted by Gasteiger charge is 2.32. The highest BCUT2D eigenvalue weighted by molar-refractivity contribution is 7.13. The minimum absolute atomic E-state index is 0.0519. The zero-order valence-corrected chi connectivity index (χ0v) is 17.5. The van der Waals surface area contributed by atoms with Crippen molar-refractivity contribution in [2.45, 2.75) is 39.7 Å². The van der Waals surface area contributed by atoms with Crippen molar-refractivity contribution >= 4 is 22.4 Å². The number of aliphatic imine (C=N–C) groups is 1. The van der Waals surface area contributed by atoms with E-state index < -0.39 is 0 Å². The quantitative estimate of drug-likeness (QED) is 0.644. The summed E-state index contributed by atoms with van der Waals surface area (Å²) in [6, 6.07) is 0. The molecule has 2 aliphatic heterocycles. The lowest BCUT2D eigenvalue weighted by atomic mass is 9.88. The van der Waals surface area contributed by atoms with Gasteiger partial charge in [-0.2, -0.15) is 0 Å². The van der Waals surface area contributed by atoms with Gasteiger partial charge in [-0.25, -0.2) is 4.98 Å². The smallest absolute Gasteiger partial charge is 0.191 e. The van der Waals surface area contributed by atoms with Gasteiger partial charge in [0, 0.05) is 56.4 Å². The molecule has 3 heterocycles. The molecule has 0 aromatic carbocycles. The Labute approximate surface area is 162 Å². The molecule has 2 fully saturated rings. The van der Waals surface area contributed by atoms with E-state index in [9.17, 15) is 0 Å². The molecule has 3 rings (SSSR count). The second-order valence-electron chi connectivity index (χ2n) is 8.63. The van der Waals surface area contributed by atoms with Gasteiger partial charge in [0.1, 0.15) is 0 Å². The SMILES string of the molecule is CC1CC(C)CN(C(C)(C)CN=C(N)N2CCN(c3nccs3)CC2)C1. The number of nitrogens with two attached hydrogens (primary N) is 1. The third-order valence-electron chi connectivity index (χ3n) is 5.65. The maximum Gasteiger partial charge on any atom is 0.191 e. The summed E-state index contributed by atoms with van der Waals surface area (Å²) in [6.07, 6.45) is 3.20. The molecular formula is C19H34N6S. The predicted octanol–water partition coefficient (Wildman–Crippen LogP) is 2.34. The van der Waals surface area contributed by atoms with Crippen LogP contribution < -0.4 is 10.6 Å². The van der Waals surface area contributed by atoms with Gasteiger partial charge in [-0.3, -0.25) is 9.89 Å². The summed E-state index contributed by atoms with van der Waals surface area (Å²) in [5.41, 5.74) is 6.38. The molecule has 2 aliphatic rings. The van der Waals surface area contributed by atoms with E-state index in [0.717, 1.165) is 49.7 Å². The maximum atomic E-state index is 6.33. The topological polar surface area (TPSA) is 61.0 Å². The molecule has 0 radical (unpaired) electrons. The van der Waals surface area contributed by atoms with Crippen molar-refractivity contribution < 1.29 is 0 Å². The molecule has 2 saturated heterocycles. The van der Waals surface area contributed by atoms with E-state index in [0.29, 0.717) is 5.96 Å². The summed E-state index contributed by atoms with van der Waals surface area (Å²) >= 11 is 1.70. The number of thiazole rings is 1. The lowest BCUT2D eigenvalue weighted by Gasteiger charge is -2.44. The third kappa shape index (κ3) is 4.68. The second kappa shape index (κ2) is 8.13. The largest absolute Gasteiger partial charge is 0.370 e. The Hall–Kier alpha value is -1.34. The fraction of sp³-hybridized carbons (Fsp3) is 0.789. The van der Waals surface area contributed by atoms with Crippen LogP contribution in [0.3, 0.4) is 0 Å². The van der Waals surface area contributed by atoms with Crippen LogP contribution in [0, 0.1) is 11.8 Å². The maximum absolute atomic E-state index is 6.33. The molecule has 1 aromatic heterocycles. The number of hydrogen-bond acceptors (Lipinski definition) is 5. The van der Waals surface area contributed by atoms with Gasteiger partial charge in [-0.05, 0) is 32.1 Å². The number of rotatable bonds is 4. The molecule has 2 unspecified atom stereocenters. The molecule has 0 saturated carbocycles. The molecule has 2 atom stereocenters. The fourth-order valence-electron chi connectivity index (χ4n) is 4.13. The van der Waals surface area contributed by atoms with Crippen molar-refractivity contribution in [1.82, 2.24) is 14.8 Å². The number of piperazine rings is 1. The zero-order valence-electron chi connectivity index (χ0n) is 16.7. The van der Waals surface area contributed by atoms with Crippen molar-refractivity contribution in [3.05, 3.63) is 11.6 Å². The first-order valence-corrected chi connectivity index (χ1v) is 10.7. The van der Waals surface area contributed by atoms with Gasteiger partial charge in [0.05, 0.1) is 6.54 Å². The van der Waals surface area contributed by atoms with Crippen molar-refractivity contribution in [1.29, 1.82) is 0 Å². The van der Waals surface area contributed by atoms with E-state index in [1.54, 1.807) is 11.3 Å². The molecule has 26 heavy (non-hydrogen) atoms. The minimum Gasteiger partial charge on any atom is -0.370 e. The molecule has 7 heteroatoms. The summed E-state index contributed by atoms with van der Waals surface area (Å²) in [7, 11) is 0. The van der Waals surface area contributed by atoms with Crippen molar-refractivity contribution in [2.24, 2.45) is 22.6 Å². The van der Waals surface area contributed by atoms with Gasteiger partial charge in [0.15, 0.2) is 11.1 Å². The number of guanidine groups is 1. The van der Waals surface area contributed by atoms with Crippen LogP contribution in [0.2, 0.25) is 0 Å². The first kappa shape index (κ1) is 19.4. The van der Waals surface area contributed by atoms with Crippen molar-refractivity contribution in [3.8, 4) is 0 Å². The Balaban J connectivity index is 1.53. The predicted molar refractivity (Wildman–Crippen MR) is 111 cm³/mol. The van der Waals surface area contributed by atoms with Crippen LogP contribution in [0.1, 0.15) is 34.1 Å². The second-order valence-corrected chi connectivity index (χ2v) is 9.50. The van der Waals surface area contributed by atoms with Crippen molar-refractivity contribution in [3.63, 3.8) is 0 Å². The lowest BCUT2D eigenvalue weighted by Crippen LogP contribution is -2.54. The summed E-state index contributed by atoms with van der Waals surface area (Å²) in [5, 5.41) is 3.14. The van der Waals surface area contributed by atoms with Crippen LogP contribution in [0.5, 0.6) is 0 Å². The summed E-state index contributed by atoms with van der Waals surface area (Å²) in [5.74, 6) is 2.21. The fourth-order valence-corrected chi connectivity index (χ4v) is 4.83. The molecule has 1 aromatic rings. The van der Waals surface area contributed by atoms with Gasteiger partial charge >= 0.3 is 0 Å². The van der Waals surface area contributed by atoms with Gasteiger partial charge in [0.25, 0.3) is 0 Å². The molecule has 2 N–H and O–H groups in total. The van der Waals surface area contributed by atoms with Crippen LogP contribution in [0.25, 0.3) is 0 Å². The first-order valence-electron chi connectivity index (χ1n) is 9.79. The normalized spacial score (nSPS) is 26.4. The number of piperidine rings is 1. The Kier molecular flexibility index (Phi) is 6.07. The highest BCUT2D eigenvalue weighted by Crippen LogP contribution is 2.27. The van der Waals surface area contributed by atoms with Gasteiger partial charge in [0.2, 0.25) is 0 Å². The van der Waals surface area contributed by atoms with Crippen LogP contribution in [0.4, 0.5) is 5.13 Å². The summed E-state index contributed by atoms with van der Waals surface area (Å²) < 4.78 is 0. The number of nitrogens with zero attached hydrogens (tertiary/aromatic N) is 5. The molecule has 0 aliphatic carbocycles. The van der Waals surface area contributed by atoms with Crippen molar-refractivity contribution in [2.75, 3.05) is 50.7 Å². The number of likely N-dealkylation sites (tertiary alicyclic amines) is 1. The average Bonchev–Trinajstić information content (AvgIpc) is 3.14. The Bertz CT molecular complexity index is 581. The molecule has 146 valence electrons. The van der Waals surface area contributed by atoms with E-state index in [4.69, 9.17) is 10.7 Å². The summed E-state index contributed by atoms with van der Waals surface area (Å²) in [6.45, 7) is 16.1. The van der Waals surface area contributed by atoms with Crippen LogP contribution >= 0.6 is 11.3 Å². The molecule has 6 nitrogen and oxygen atoms in total. The summed E-state index contributed by atoms with van der Waals surface area (Å²) in [4.78, 5) is 16.3. The monoisotopic (exact) mass is 378 g/mol. The van der Waals surface area contributed by atoms with Crippen LogP contribution in [-0.2, 0) is 0 Å². The van der Waals surface area contributed by atoms with Gasteiger partial charge < -0.3 is 15.5 Å². The number of hydrogen-bond donors (Lipinski definition) is 1. The Morgan fingerprint density at radius 1 is 1.23 bits per heavy atom. The zero-order chi connectivity index (χ0) is 18.7. The van der Waals surface area contributed by atoms with E-state index in [1.165, 1.54) is 19.5 Å². The third-order valence-corrected chi connectivity index (χ3v) is 6.48. The molecular weight excluding hydrogens is 344 g/mol. The minimum atomic E-state index is 0.0519. The lowest BCUT2D eigenvalue weighted by molar-refractivity contribution is 0.0511. The van der Waals surface area contributed by atoms with Gasteiger partial charge in [-0.15, -0.1) is 11.3 Å². The molecule has 0 bridgehead atoms. The van der Waals surface area contributed by atoms with E-state index in [-0.39, 0.29) is 5.54 Å². The number of anilines is 1. The standard InChI is InChI=1S/C19H34N6S/c1-15-11-16(2)13-25(12-15)19(3,4)14-22-17(20)23-6-8-24(9-7-23)18-21-5-10-26-18/h5,10,15-16H,6-9,11-14H2,1-4H3,(H2,20,22).